The molecule has 1 aliphatic rings. The normalized spacial score (nSPS) is 25.4. The first-order chi connectivity index (χ1) is 9.58. The van der Waals surface area contributed by atoms with E-state index in [2.05, 4.69) is 24.9 Å². The second-order valence-electron chi connectivity index (χ2n) is 6.14. The van der Waals surface area contributed by atoms with E-state index >= 15 is 0 Å². The van der Waals surface area contributed by atoms with Crippen LogP contribution in [0.4, 0.5) is 0 Å². The van der Waals surface area contributed by atoms with Gasteiger partial charge in [-0.05, 0) is 50.4 Å². The minimum atomic E-state index is -0.133. The van der Waals surface area contributed by atoms with Gasteiger partial charge in [-0.3, -0.25) is 4.90 Å². The molecule has 0 radical (unpaired) electrons. The van der Waals surface area contributed by atoms with Crippen molar-refractivity contribution in [3.8, 4) is 0 Å². The first-order valence-electron chi connectivity index (χ1n) is 7.71. The molecular formula is C17H26ClNO. The molecule has 2 rings (SSSR count). The fraction of sp³-hybridized carbons (Fsp3) is 0.647. The van der Waals surface area contributed by atoms with Crippen molar-refractivity contribution in [1.29, 1.82) is 0 Å². The molecule has 1 saturated carbocycles. The van der Waals surface area contributed by atoms with Crippen LogP contribution in [0, 0.1) is 5.92 Å². The van der Waals surface area contributed by atoms with Crippen LogP contribution < -0.4 is 0 Å². The summed E-state index contributed by atoms with van der Waals surface area (Å²) in [5, 5.41) is 11.0. The number of aliphatic hydroxyl groups excluding tert-OH is 1. The second-order valence-corrected chi connectivity index (χ2v) is 6.57. The molecule has 1 aliphatic carbocycles. The van der Waals surface area contributed by atoms with Crippen LogP contribution in [-0.2, 0) is 0 Å². The van der Waals surface area contributed by atoms with E-state index in [4.69, 9.17) is 11.6 Å². The molecule has 0 saturated heterocycles. The van der Waals surface area contributed by atoms with Gasteiger partial charge in [0.05, 0.1) is 6.10 Å². The van der Waals surface area contributed by atoms with Gasteiger partial charge in [-0.25, -0.2) is 0 Å². The number of halogens is 1. The van der Waals surface area contributed by atoms with E-state index in [0.717, 1.165) is 24.4 Å². The van der Waals surface area contributed by atoms with Gasteiger partial charge in [0, 0.05) is 17.6 Å². The zero-order valence-electron chi connectivity index (χ0n) is 12.6. The number of benzene rings is 1. The lowest BCUT2D eigenvalue weighted by Crippen LogP contribution is -2.34. The van der Waals surface area contributed by atoms with Crippen molar-refractivity contribution in [3.63, 3.8) is 0 Å². The summed E-state index contributed by atoms with van der Waals surface area (Å²) in [5.41, 5.74) is 1.24. The van der Waals surface area contributed by atoms with E-state index in [1.165, 1.54) is 24.8 Å². The minimum Gasteiger partial charge on any atom is -0.393 e. The molecule has 3 heteroatoms. The molecule has 2 nitrogen and oxygen atoms in total. The molecule has 1 aromatic carbocycles. The highest BCUT2D eigenvalue weighted by Gasteiger charge is 2.24. The van der Waals surface area contributed by atoms with Crippen molar-refractivity contribution in [1.82, 2.24) is 4.90 Å². The summed E-state index contributed by atoms with van der Waals surface area (Å²) < 4.78 is 0. The summed E-state index contributed by atoms with van der Waals surface area (Å²) >= 11 is 6.07. The molecule has 0 spiro atoms. The Labute approximate surface area is 127 Å². The Kier molecular flexibility index (Phi) is 5.88. The summed E-state index contributed by atoms with van der Waals surface area (Å²) in [6.45, 7) is 3.16. The molecule has 20 heavy (non-hydrogen) atoms. The van der Waals surface area contributed by atoms with Gasteiger partial charge >= 0.3 is 0 Å². The quantitative estimate of drug-likeness (QED) is 0.838. The van der Waals surface area contributed by atoms with Crippen molar-refractivity contribution in [3.05, 3.63) is 34.9 Å². The molecule has 112 valence electrons. The van der Waals surface area contributed by atoms with Gasteiger partial charge in [0.15, 0.2) is 0 Å². The predicted molar refractivity (Wildman–Crippen MR) is 85.1 cm³/mol. The molecule has 3 unspecified atom stereocenters. The summed E-state index contributed by atoms with van der Waals surface area (Å²) in [5.74, 6) is 0.407. The van der Waals surface area contributed by atoms with Crippen molar-refractivity contribution >= 4 is 11.6 Å². The van der Waals surface area contributed by atoms with Crippen molar-refractivity contribution < 1.29 is 5.11 Å². The Morgan fingerprint density at radius 1 is 1.30 bits per heavy atom. The molecule has 0 amide bonds. The fourth-order valence-corrected chi connectivity index (χ4v) is 3.33. The lowest BCUT2D eigenvalue weighted by atomic mass is 9.95. The van der Waals surface area contributed by atoms with Crippen LogP contribution in [0.15, 0.2) is 24.3 Å². The first-order valence-corrected chi connectivity index (χ1v) is 8.09. The third-order valence-corrected chi connectivity index (χ3v) is 4.87. The summed E-state index contributed by atoms with van der Waals surface area (Å²) in [4.78, 5) is 2.34. The highest BCUT2D eigenvalue weighted by molar-refractivity contribution is 6.30. The number of hydrogen-bond acceptors (Lipinski definition) is 2. The fourth-order valence-electron chi connectivity index (χ4n) is 3.13. The van der Waals surface area contributed by atoms with Gasteiger partial charge in [-0.1, -0.05) is 43.0 Å². The van der Waals surface area contributed by atoms with Crippen LogP contribution >= 0.6 is 11.6 Å². The van der Waals surface area contributed by atoms with E-state index in [-0.39, 0.29) is 6.10 Å². The van der Waals surface area contributed by atoms with Crippen LogP contribution in [0.3, 0.4) is 0 Å². The van der Waals surface area contributed by atoms with Crippen LogP contribution in [0.25, 0.3) is 0 Å². The Morgan fingerprint density at radius 3 is 2.80 bits per heavy atom. The Balaban J connectivity index is 1.97. The molecule has 0 aromatic heterocycles. The SMILES string of the molecule is CC(c1cccc(Cl)c1)N(C)CC1CCCCCC1O. The van der Waals surface area contributed by atoms with E-state index < -0.39 is 0 Å². The van der Waals surface area contributed by atoms with E-state index in [9.17, 15) is 5.11 Å². The van der Waals surface area contributed by atoms with Crippen molar-refractivity contribution in [2.24, 2.45) is 5.92 Å². The van der Waals surface area contributed by atoms with Crippen molar-refractivity contribution in [2.45, 2.75) is 51.2 Å². The maximum atomic E-state index is 10.2. The third-order valence-electron chi connectivity index (χ3n) is 4.63. The Hall–Kier alpha value is -0.570. The zero-order valence-corrected chi connectivity index (χ0v) is 13.3. The van der Waals surface area contributed by atoms with Gasteiger partial charge in [0.25, 0.3) is 0 Å². The zero-order chi connectivity index (χ0) is 14.5. The molecule has 3 atom stereocenters. The first kappa shape index (κ1) is 15.8. The Bertz CT molecular complexity index is 423. The summed E-state index contributed by atoms with van der Waals surface area (Å²) in [7, 11) is 2.14. The van der Waals surface area contributed by atoms with Crippen LogP contribution in [0.5, 0.6) is 0 Å². The monoisotopic (exact) mass is 295 g/mol. The van der Waals surface area contributed by atoms with Gasteiger partial charge in [0.2, 0.25) is 0 Å². The van der Waals surface area contributed by atoms with Gasteiger partial charge in [-0.15, -0.1) is 0 Å². The average Bonchev–Trinajstić information content (AvgIpc) is 2.63. The smallest absolute Gasteiger partial charge is 0.0580 e. The lowest BCUT2D eigenvalue weighted by Gasteiger charge is -2.31. The standard InChI is InChI=1S/C17H26ClNO/c1-13(14-8-6-9-16(18)11-14)19(2)12-15-7-4-3-5-10-17(15)20/h6,8-9,11,13,15,17,20H,3-5,7,10,12H2,1-2H3. The minimum absolute atomic E-state index is 0.133. The number of hydrogen-bond donors (Lipinski definition) is 1. The van der Waals surface area contributed by atoms with Gasteiger partial charge in [-0.2, -0.15) is 0 Å². The number of aliphatic hydroxyl groups is 1. The van der Waals surface area contributed by atoms with Crippen LogP contribution in [0.2, 0.25) is 5.02 Å². The van der Waals surface area contributed by atoms with Crippen LogP contribution in [-0.4, -0.2) is 29.7 Å². The topological polar surface area (TPSA) is 23.5 Å². The number of rotatable bonds is 4. The highest BCUT2D eigenvalue weighted by atomic mass is 35.5. The van der Waals surface area contributed by atoms with E-state index in [1.807, 2.05) is 18.2 Å². The second kappa shape index (κ2) is 7.44. The highest BCUT2D eigenvalue weighted by Crippen LogP contribution is 2.27. The maximum absolute atomic E-state index is 10.2. The van der Waals surface area contributed by atoms with Crippen molar-refractivity contribution in [2.75, 3.05) is 13.6 Å². The summed E-state index contributed by atoms with van der Waals surface area (Å²) in [6, 6.07) is 8.39. The molecule has 0 heterocycles. The van der Waals surface area contributed by atoms with Gasteiger partial charge < -0.3 is 5.11 Å². The van der Waals surface area contributed by atoms with Gasteiger partial charge in [0.1, 0.15) is 0 Å². The maximum Gasteiger partial charge on any atom is 0.0580 e. The molecule has 0 aliphatic heterocycles. The molecular weight excluding hydrogens is 270 g/mol. The summed E-state index contributed by atoms with van der Waals surface area (Å²) in [6.07, 6.45) is 5.66. The number of nitrogens with zero attached hydrogens (tertiary/aromatic N) is 1. The average molecular weight is 296 g/mol. The molecule has 0 bridgehead atoms. The largest absolute Gasteiger partial charge is 0.393 e. The molecule has 1 N–H and O–H groups in total. The third kappa shape index (κ3) is 4.21. The van der Waals surface area contributed by atoms with E-state index in [0.29, 0.717) is 12.0 Å². The Morgan fingerprint density at radius 2 is 2.05 bits per heavy atom. The molecule has 1 fully saturated rings. The van der Waals surface area contributed by atoms with E-state index in [1.54, 1.807) is 0 Å². The van der Waals surface area contributed by atoms with Crippen LogP contribution in [0.1, 0.15) is 50.6 Å². The molecule has 1 aromatic rings. The lowest BCUT2D eigenvalue weighted by molar-refractivity contribution is 0.0711. The predicted octanol–water partition coefficient (Wildman–Crippen LogP) is 4.27.